The standard InChI is InChI=1S/C15H18N2O4S/c16-10-12-1-3-14(4-2-12)22(18,19)17-13-5-7-21-15(9-13)6-8-20-11-15/h1-4,13,17H,5-9,11H2/t13-,15+/m0/s1. The number of ether oxygens (including phenoxy) is 2. The van der Waals surface area contributed by atoms with Crippen molar-refractivity contribution >= 4 is 10.0 Å². The van der Waals surface area contributed by atoms with Crippen molar-refractivity contribution in [3.63, 3.8) is 0 Å². The Morgan fingerprint density at radius 2 is 2.05 bits per heavy atom. The molecule has 6 nitrogen and oxygen atoms in total. The Morgan fingerprint density at radius 1 is 1.27 bits per heavy atom. The van der Waals surface area contributed by atoms with Crippen molar-refractivity contribution in [2.75, 3.05) is 19.8 Å². The van der Waals surface area contributed by atoms with Gasteiger partial charge in [0.1, 0.15) is 0 Å². The van der Waals surface area contributed by atoms with E-state index in [1.807, 2.05) is 6.07 Å². The van der Waals surface area contributed by atoms with Crippen LogP contribution in [0, 0.1) is 11.3 Å². The molecular weight excluding hydrogens is 304 g/mol. The minimum atomic E-state index is -3.59. The van der Waals surface area contributed by atoms with Crippen molar-refractivity contribution in [3.05, 3.63) is 29.8 Å². The second kappa shape index (κ2) is 5.97. The quantitative estimate of drug-likeness (QED) is 0.902. The number of nitrogens with one attached hydrogen (secondary N) is 1. The molecule has 0 aliphatic carbocycles. The number of hydrogen-bond acceptors (Lipinski definition) is 5. The van der Waals surface area contributed by atoms with Crippen LogP contribution in [0.4, 0.5) is 0 Å². The van der Waals surface area contributed by atoms with E-state index in [4.69, 9.17) is 14.7 Å². The predicted octanol–water partition coefficient (Wildman–Crippen LogP) is 1.17. The summed E-state index contributed by atoms with van der Waals surface area (Å²) in [5, 5.41) is 8.77. The number of nitrogens with zero attached hydrogens (tertiary/aromatic N) is 1. The van der Waals surface area contributed by atoms with Crippen molar-refractivity contribution in [2.45, 2.75) is 35.8 Å². The van der Waals surface area contributed by atoms with Crippen LogP contribution in [0.2, 0.25) is 0 Å². The molecule has 0 aromatic heterocycles. The highest BCUT2D eigenvalue weighted by Gasteiger charge is 2.42. The SMILES string of the molecule is N#Cc1ccc(S(=O)(=O)N[C@H]2CCO[C@]3(CCOC3)C2)cc1. The number of nitriles is 1. The van der Waals surface area contributed by atoms with Gasteiger partial charge in [-0.15, -0.1) is 0 Å². The van der Waals surface area contributed by atoms with Gasteiger partial charge in [0, 0.05) is 25.7 Å². The molecule has 2 saturated heterocycles. The van der Waals surface area contributed by atoms with Gasteiger partial charge in [0.25, 0.3) is 0 Å². The van der Waals surface area contributed by atoms with Gasteiger partial charge in [0.15, 0.2) is 0 Å². The molecular formula is C15H18N2O4S. The predicted molar refractivity (Wildman–Crippen MR) is 78.6 cm³/mol. The van der Waals surface area contributed by atoms with E-state index in [0.717, 1.165) is 6.42 Å². The molecule has 1 aromatic rings. The van der Waals surface area contributed by atoms with E-state index in [-0.39, 0.29) is 16.5 Å². The van der Waals surface area contributed by atoms with E-state index in [1.54, 1.807) is 0 Å². The molecule has 3 rings (SSSR count). The van der Waals surface area contributed by atoms with Gasteiger partial charge in [-0.3, -0.25) is 0 Å². The average molecular weight is 322 g/mol. The van der Waals surface area contributed by atoms with Gasteiger partial charge in [-0.05, 0) is 37.1 Å². The Morgan fingerprint density at radius 3 is 2.68 bits per heavy atom. The van der Waals surface area contributed by atoms with E-state index in [1.165, 1.54) is 24.3 Å². The Balaban J connectivity index is 1.72. The summed E-state index contributed by atoms with van der Waals surface area (Å²) in [6, 6.07) is 7.73. The number of benzene rings is 1. The lowest BCUT2D eigenvalue weighted by molar-refractivity contribution is -0.0868. The third-order valence-electron chi connectivity index (χ3n) is 4.18. The molecule has 118 valence electrons. The smallest absolute Gasteiger partial charge is 0.240 e. The summed E-state index contributed by atoms with van der Waals surface area (Å²) >= 11 is 0. The number of rotatable bonds is 3. The molecule has 2 aliphatic heterocycles. The van der Waals surface area contributed by atoms with E-state index in [2.05, 4.69) is 4.72 Å². The largest absolute Gasteiger partial charge is 0.378 e. The maximum Gasteiger partial charge on any atom is 0.240 e. The van der Waals surface area contributed by atoms with Crippen LogP contribution in [0.3, 0.4) is 0 Å². The van der Waals surface area contributed by atoms with E-state index in [0.29, 0.717) is 38.2 Å². The van der Waals surface area contributed by atoms with Crippen LogP contribution in [-0.2, 0) is 19.5 Å². The molecule has 0 bridgehead atoms. The van der Waals surface area contributed by atoms with Crippen LogP contribution in [0.5, 0.6) is 0 Å². The molecule has 22 heavy (non-hydrogen) atoms. The van der Waals surface area contributed by atoms with Gasteiger partial charge in [-0.1, -0.05) is 0 Å². The van der Waals surface area contributed by atoms with E-state index >= 15 is 0 Å². The van der Waals surface area contributed by atoms with Crippen LogP contribution < -0.4 is 4.72 Å². The molecule has 2 fully saturated rings. The molecule has 2 aliphatic rings. The second-order valence-electron chi connectivity index (χ2n) is 5.78. The summed E-state index contributed by atoms with van der Waals surface area (Å²) in [6.45, 7) is 1.72. The molecule has 7 heteroatoms. The first-order chi connectivity index (χ1) is 10.5. The Kier molecular flexibility index (Phi) is 4.19. The van der Waals surface area contributed by atoms with Crippen molar-refractivity contribution in [3.8, 4) is 6.07 Å². The molecule has 0 saturated carbocycles. The van der Waals surface area contributed by atoms with Crippen LogP contribution >= 0.6 is 0 Å². The Labute approximate surface area is 130 Å². The molecule has 1 aromatic carbocycles. The highest BCUT2D eigenvalue weighted by molar-refractivity contribution is 7.89. The first-order valence-electron chi connectivity index (χ1n) is 7.27. The average Bonchev–Trinajstić information content (AvgIpc) is 2.94. The number of hydrogen-bond donors (Lipinski definition) is 1. The van der Waals surface area contributed by atoms with Crippen LogP contribution in [0.25, 0.3) is 0 Å². The fourth-order valence-electron chi connectivity index (χ4n) is 2.99. The molecule has 2 heterocycles. The highest BCUT2D eigenvalue weighted by Crippen LogP contribution is 2.33. The van der Waals surface area contributed by atoms with Gasteiger partial charge in [-0.2, -0.15) is 5.26 Å². The molecule has 1 spiro atoms. The lowest BCUT2D eigenvalue weighted by atomic mass is 9.90. The fraction of sp³-hybridized carbons (Fsp3) is 0.533. The van der Waals surface area contributed by atoms with E-state index in [9.17, 15) is 8.42 Å². The fourth-order valence-corrected chi connectivity index (χ4v) is 4.26. The van der Waals surface area contributed by atoms with Crippen LogP contribution in [0.1, 0.15) is 24.8 Å². The van der Waals surface area contributed by atoms with Gasteiger partial charge in [-0.25, -0.2) is 13.1 Å². The minimum absolute atomic E-state index is 0.156. The maximum absolute atomic E-state index is 12.4. The van der Waals surface area contributed by atoms with Crippen LogP contribution in [0.15, 0.2) is 29.2 Å². The zero-order valence-electron chi connectivity index (χ0n) is 12.1. The van der Waals surface area contributed by atoms with Crippen molar-refractivity contribution in [1.29, 1.82) is 5.26 Å². The monoisotopic (exact) mass is 322 g/mol. The first kappa shape index (κ1) is 15.4. The maximum atomic E-state index is 12.4. The van der Waals surface area contributed by atoms with Gasteiger partial charge >= 0.3 is 0 Å². The van der Waals surface area contributed by atoms with Crippen molar-refractivity contribution in [1.82, 2.24) is 4.72 Å². The van der Waals surface area contributed by atoms with Gasteiger partial charge < -0.3 is 9.47 Å². The van der Waals surface area contributed by atoms with Gasteiger partial charge in [0.05, 0.1) is 28.7 Å². The molecule has 0 amide bonds. The van der Waals surface area contributed by atoms with Crippen LogP contribution in [-0.4, -0.2) is 39.9 Å². The summed E-state index contributed by atoms with van der Waals surface area (Å²) in [5.74, 6) is 0. The Bertz CT molecular complexity index is 672. The van der Waals surface area contributed by atoms with Crippen molar-refractivity contribution in [2.24, 2.45) is 0 Å². The third-order valence-corrected chi connectivity index (χ3v) is 5.71. The molecule has 2 atom stereocenters. The zero-order valence-corrected chi connectivity index (χ0v) is 12.9. The van der Waals surface area contributed by atoms with Gasteiger partial charge in [0.2, 0.25) is 10.0 Å². The molecule has 0 unspecified atom stereocenters. The first-order valence-corrected chi connectivity index (χ1v) is 8.76. The topological polar surface area (TPSA) is 88.4 Å². The summed E-state index contributed by atoms with van der Waals surface area (Å²) < 4.78 is 38.8. The lowest BCUT2D eigenvalue weighted by Crippen LogP contribution is -2.48. The van der Waals surface area contributed by atoms with E-state index < -0.39 is 10.0 Å². The summed E-state index contributed by atoms with van der Waals surface area (Å²) in [4.78, 5) is 0.176. The zero-order chi connectivity index (χ0) is 15.6. The molecule has 0 radical (unpaired) electrons. The Hall–Kier alpha value is -1.46. The summed E-state index contributed by atoms with van der Waals surface area (Å²) in [6.07, 6.45) is 2.09. The van der Waals surface area contributed by atoms with Crippen molar-refractivity contribution < 1.29 is 17.9 Å². The number of sulfonamides is 1. The summed E-state index contributed by atoms with van der Waals surface area (Å²) in [7, 11) is -3.59. The highest BCUT2D eigenvalue weighted by atomic mass is 32.2. The second-order valence-corrected chi connectivity index (χ2v) is 7.50. The summed E-state index contributed by atoms with van der Waals surface area (Å²) in [5.41, 5.74) is 0.0999. The minimum Gasteiger partial charge on any atom is -0.378 e. The normalized spacial score (nSPS) is 28.6. The third kappa shape index (κ3) is 3.15. The lowest BCUT2D eigenvalue weighted by Gasteiger charge is -2.37. The molecule has 1 N–H and O–H groups in total.